The van der Waals surface area contributed by atoms with Crippen LogP contribution in [0.3, 0.4) is 0 Å². The molecular weight excluding hydrogens is 334 g/mol. The molecule has 0 aliphatic rings. The van der Waals surface area contributed by atoms with Crippen LogP contribution in [-0.4, -0.2) is 15.7 Å². The molecule has 0 saturated carbocycles. The molecule has 0 N–H and O–H groups in total. The van der Waals surface area contributed by atoms with E-state index in [-0.39, 0.29) is 0 Å². The minimum Gasteiger partial charge on any atom is -0.229 e. The summed E-state index contributed by atoms with van der Waals surface area (Å²) in [6, 6.07) is 11.0. The zero-order valence-electron chi connectivity index (χ0n) is 13.9. The molecule has 2 aromatic heterocycles. The van der Waals surface area contributed by atoms with Gasteiger partial charge in [-0.15, -0.1) is 23.1 Å². The Kier molecular flexibility index (Phi) is 5.49. The van der Waals surface area contributed by atoms with Crippen LogP contribution < -0.4 is 0 Å². The highest BCUT2D eigenvalue weighted by Crippen LogP contribution is 2.41. The maximum atomic E-state index is 8.69. The van der Waals surface area contributed by atoms with Crippen molar-refractivity contribution in [1.29, 1.82) is 5.26 Å². The Morgan fingerprint density at radius 1 is 1.21 bits per heavy atom. The van der Waals surface area contributed by atoms with Gasteiger partial charge in [-0.1, -0.05) is 31.2 Å². The van der Waals surface area contributed by atoms with Crippen LogP contribution in [0.1, 0.15) is 30.2 Å². The number of unbranched alkanes of at least 4 members (excludes halogenated alkanes) is 1. The molecule has 3 rings (SSSR count). The van der Waals surface area contributed by atoms with Gasteiger partial charge >= 0.3 is 0 Å². The van der Waals surface area contributed by atoms with Crippen molar-refractivity contribution >= 4 is 33.3 Å². The molecule has 0 spiro atoms. The van der Waals surface area contributed by atoms with Gasteiger partial charge < -0.3 is 0 Å². The summed E-state index contributed by atoms with van der Waals surface area (Å²) in [5.41, 5.74) is 3.82. The number of hydrogen-bond acceptors (Lipinski definition) is 5. The van der Waals surface area contributed by atoms with Crippen molar-refractivity contribution in [3.63, 3.8) is 0 Å². The number of aryl methyl sites for hydroxylation is 2. The molecule has 0 amide bonds. The lowest BCUT2D eigenvalue weighted by atomic mass is 10.0. The van der Waals surface area contributed by atoms with E-state index in [9.17, 15) is 0 Å². The Morgan fingerprint density at radius 2 is 2.00 bits per heavy atom. The topological polar surface area (TPSA) is 49.6 Å². The number of thiophene rings is 1. The van der Waals surface area contributed by atoms with E-state index >= 15 is 0 Å². The normalized spacial score (nSPS) is 10.9. The lowest BCUT2D eigenvalue weighted by Crippen LogP contribution is -1.89. The molecule has 5 heteroatoms. The Hall–Kier alpha value is -1.90. The van der Waals surface area contributed by atoms with E-state index < -0.39 is 0 Å². The summed E-state index contributed by atoms with van der Waals surface area (Å²) in [5.74, 6) is 0.906. The maximum absolute atomic E-state index is 8.69. The molecule has 0 bridgehead atoms. The van der Waals surface area contributed by atoms with Gasteiger partial charge in [0.25, 0.3) is 0 Å². The molecular formula is C19H19N3S2. The highest BCUT2D eigenvalue weighted by molar-refractivity contribution is 7.99. The van der Waals surface area contributed by atoms with Gasteiger partial charge in [-0.05, 0) is 30.9 Å². The number of fused-ring (bicyclic) bond motifs is 1. The van der Waals surface area contributed by atoms with Gasteiger partial charge in [0.1, 0.15) is 16.2 Å². The van der Waals surface area contributed by atoms with E-state index in [1.165, 1.54) is 21.6 Å². The quantitative estimate of drug-likeness (QED) is 0.327. The lowest BCUT2D eigenvalue weighted by molar-refractivity contribution is 0.977. The molecule has 0 aliphatic carbocycles. The zero-order valence-corrected chi connectivity index (χ0v) is 15.5. The minimum atomic E-state index is 0.592. The molecule has 24 heavy (non-hydrogen) atoms. The summed E-state index contributed by atoms with van der Waals surface area (Å²) in [6.07, 6.45) is 4.17. The van der Waals surface area contributed by atoms with Gasteiger partial charge in [0.05, 0.1) is 11.5 Å². The number of thioether (sulfide) groups is 1. The number of benzene rings is 1. The summed E-state index contributed by atoms with van der Waals surface area (Å²) in [4.78, 5) is 11.3. The van der Waals surface area contributed by atoms with Crippen molar-refractivity contribution in [2.24, 2.45) is 0 Å². The van der Waals surface area contributed by atoms with Gasteiger partial charge in [-0.2, -0.15) is 5.26 Å². The predicted octanol–water partition coefficient (Wildman–Crippen LogP) is 5.63. The first-order valence-electron chi connectivity index (χ1n) is 8.07. The van der Waals surface area contributed by atoms with Crippen LogP contribution in [-0.2, 0) is 6.42 Å². The lowest BCUT2D eigenvalue weighted by Gasteiger charge is -2.07. The number of hydrogen-bond donors (Lipinski definition) is 0. The number of nitriles is 1. The summed E-state index contributed by atoms with van der Waals surface area (Å²) in [7, 11) is 0. The van der Waals surface area contributed by atoms with Crippen molar-refractivity contribution in [1.82, 2.24) is 9.97 Å². The van der Waals surface area contributed by atoms with Crippen LogP contribution in [0.15, 0.2) is 35.6 Å². The van der Waals surface area contributed by atoms with E-state index in [0.717, 1.165) is 33.8 Å². The number of aromatic nitrogens is 2. The Bertz CT molecular complexity index is 876. The van der Waals surface area contributed by atoms with Crippen LogP contribution in [0.25, 0.3) is 21.3 Å². The standard InChI is InChI=1S/C19H19N3S2/c1-3-14-6-8-15(9-7-14)16-13(2)24-19-17(16)18(21-12-22-19)23-11-5-4-10-20/h6-9,12H,3-5,11H2,1-2H3. The van der Waals surface area contributed by atoms with Crippen molar-refractivity contribution < 1.29 is 0 Å². The molecule has 0 unspecified atom stereocenters. The van der Waals surface area contributed by atoms with Crippen molar-refractivity contribution in [3.8, 4) is 17.2 Å². The van der Waals surface area contributed by atoms with Gasteiger partial charge in [0.2, 0.25) is 0 Å². The summed E-state index contributed by atoms with van der Waals surface area (Å²) in [6.45, 7) is 4.32. The van der Waals surface area contributed by atoms with E-state index in [4.69, 9.17) is 5.26 Å². The molecule has 0 radical (unpaired) electrons. The zero-order chi connectivity index (χ0) is 16.9. The van der Waals surface area contributed by atoms with Crippen LogP contribution >= 0.6 is 23.1 Å². The SMILES string of the molecule is CCc1ccc(-c2c(C)sc3ncnc(SCCCC#N)c23)cc1. The maximum Gasteiger partial charge on any atom is 0.128 e. The van der Waals surface area contributed by atoms with Crippen molar-refractivity contribution in [2.45, 2.75) is 38.1 Å². The van der Waals surface area contributed by atoms with Gasteiger partial charge in [-0.3, -0.25) is 0 Å². The first kappa shape index (κ1) is 16.9. The fourth-order valence-electron chi connectivity index (χ4n) is 2.70. The molecule has 3 aromatic rings. The van der Waals surface area contributed by atoms with Gasteiger partial charge in [0, 0.05) is 22.6 Å². The third-order valence-corrected chi connectivity index (χ3v) is 6.04. The molecule has 0 saturated heterocycles. The molecule has 2 heterocycles. The Balaban J connectivity index is 2.03. The molecule has 0 fully saturated rings. The van der Waals surface area contributed by atoms with Crippen molar-refractivity contribution in [2.75, 3.05) is 5.75 Å². The second-order valence-corrected chi connectivity index (χ2v) is 7.84. The van der Waals surface area contributed by atoms with Crippen LogP contribution in [0.4, 0.5) is 0 Å². The molecule has 122 valence electrons. The number of nitrogens with zero attached hydrogens (tertiary/aromatic N) is 3. The largest absolute Gasteiger partial charge is 0.229 e. The first-order valence-corrected chi connectivity index (χ1v) is 9.88. The van der Waals surface area contributed by atoms with E-state index in [1.54, 1.807) is 29.4 Å². The molecule has 0 aliphatic heterocycles. The van der Waals surface area contributed by atoms with Crippen molar-refractivity contribution in [3.05, 3.63) is 41.0 Å². The van der Waals surface area contributed by atoms with E-state index in [0.29, 0.717) is 6.42 Å². The van der Waals surface area contributed by atoms with Gasteiger partial charge in [-0.25, -0.2) is 9.97 Å². The Morgan fingerprint density at radius 3 is 2.71 bits per heavy atom. The summed E-state index contributed by atoms with van der Waals surface area (Å²) >= 11 is 3.45. The van der Waals surface area contributed by atoms with Gasteiger partial charge in [0.15, 0.2) is 0 Å². The third-order valence-electron chi connectivity index (χ3n) is 3.95. The third kappa shape index (κ3) is 3.45. The molecule has 3 nitrogen and oxygen atoms in total. The minimum absolute atomic E-state index is 0.592. The molecule has 0 atom stereocenters. The average Bonchev–Trinajstić information content (AvgIpc) is 2.95. The second-order valence-electron chi connectivity index (χ2n) is 5.55. The molecule has 1 aromatic carbocycles. The second kappa shape index (κ2) is 7.78. The summed E-state index contributed by atoms with van der Waals surface area (Å²) in [5, 5.41) is 10.9. The predicted molar refractivity (Wildman–Crippen MR) is 103 cm³/mol. The summed E-state index contributed by atoms with van der Waals surface area (Å²) < 4.78 is 0. The fourth-order valence-corrected chi connectivity index (χ4v) is 4.73. The van der Waals surface area contributed by atoms with Crippen LogP contribution in [0, 0.1) is 18.3 Å². The fraction of sp³-hybridized carbons (Fsp3) is 0.316. The monoisotopic (exact) mass is 353 g/mol. The average molecular weight is 354 g/mol. The smallest absolute Gasteiger partial charge is 0.128 e. The van der Waals surface area contributed by atoms with Crippen LogP contribution in [0.5, 0.6) is 0 Å². The van der Waals surface area contributed by atoms with E-state index in [1.807, 2.05) is 0 Å². The highest BCUT2D eigenvalue weighted by Gasteiger charge is 2.16. The Labute approximate surface area is 150 Å². The van der Waals surface area contributed by atoms with E-state index in [2.05, 4.69) is 54.2 Å². The number of rotatable bonds is 6. The highest BCUT2D eigenvalue weighted by atomic mass is 32.2. The van der Waals surface area contributed by atoms with Crippen LogP contribution in [0.2, 0.25) is 0 Å². The first-order chi connectivity index (χ1) is 11.7.